The maximum Gasteiger partial charge on any atom is 0.181 e. The normalized spacial score (nSPS) is 29.1. The molecular formula is C17H23NO3. The van der Waals surface area contributed by atoms with Crippen LogP contribution in [0.15, 0.2) is 24.3 Å². The van der Waals surface area contributed by atoms with Gasteiger partial charge in [-0.05, 0) is 46.2 Å². The molecule has 0 amide bonds. The van der Waals surface area contributed by atoms with Crippen LogP contribution in [0.25, 0.3) is 0 Å². The molecule has 1 saturated heterocycles. The van der Waals surface area contributed by atoms with Gasteiger partial charge >= 0.3 is 0 Å². The van der Waals surface area contributed by atoms with Crippen LogP contribution in [-0.4, -0.2) is 29.6 Å². The van der Waals surface area contributed by atoms with Crippen molar-refractivity contribution in [2.75, 3.05) is 11.9 Å². The second-order valence-electron chi connectivity index (χ2n) is 7.11. The predicted octanol–water partition coefficient (Wildman–Crippen LogP) is 3.02. The van der Waals surface area contributed by atoms with Crippen LogP contribution in [0.3, 0.4) is 0 Å². The molecule has 2 atom stereocenters. The van der Waals surface area contributed by atoms with Crippen LogP contribution in [0.4, 0.5) is 5.69 Å². The summed E-state index contributed by atoms with van der Waals surface area (Å²) >= 11 is 0. The largest absolute Gasteiger partial charge is 0.479 e. The number of ketones is 1. The van der Waals surface area contributed by atoms with Crippen LogP contribution in [-0.2, 0) is 9.53 Å². The lowest BCUT2D eigenvalue weighted by Crippen LogP contribution is -2.45. The Hall–Kier alpha value is -1.55. The lowest BCUT2D eigenvalue weighted by atomic mass is 9.82. The Morgan fingerprint density at radius 3 is 2.62 bits per heavy atom. The summed E-state index contributed by atoms with van der Waals surface area (Å²) in [5, 5.41) is 3.28. The Morgan fingerprint density at radius 1 is 1.24 bits per heavy atom. The van der Waals surface area contributed by atoms with Gasteiger partial charge in [-0.15, -0.1) is 0 Å². The zero-order valence-electron chi connectivity index (χ0n) is 13.1. The number of fused-ring (bicyclic) bond motifs is 1. The summed E-state index contributed by atoms with van der Waals surface area (Å²) < 4.78 is 11.9. The highest BCUT2D eigenvalue weighted by Gasteiger charge is 2.51. The minimum Gasteiger partial charge on any atom is -0.479 e. The molecule has 1 aromatic carbocycles. The molecule has 2 unspecified atom stereocenters. The van der Waals surface area contributed by atoms with Gasteiger partial charge in [0.25, 0.3) is 0 Å². The van der Waals surface area contributed by atoms with Crippen molar-refractivity contribution in [2.45, 2.75) is 51.4 Å². The van der Waals surface area contributed by atoms with Crippen LogP contribution >= 0.6 is 0 Å². The number of para-hydroxylation sites is 2. The first kappa shape index (κ1) is 14.4. The van der Waals surface area contributed by atoms with E-state index in [4.69, 9.17) is 9.47 Å². The van der Waals surface area contributed by atoms with Crippen molar-refractivity contribution in [2.24, 2.45) is 5.92 Å². The number of benzene rings is 1. The Balaban J connectivity index is 1.78. The van der Waals surface area contributed by atoms with Crippen LogP contribution < -0.4 is 10.1 Å². The Kier molecular flexibility index (Phi) is 3.24. The summed E-state index contributed by atoms with van der Waals surface area (Å²) in [6, 6.07) is 7.72. The van der Waals surface area contributed by atoms with Crippen molar-refractivity contribution >= 4 is 11.5 Å². The minimum absolute atomic E-state index is 0.132. The third kappa shape index (κ3) is 2.64. The van der Waals surface area contributed by atoms with E-state index in [9.17, 15) is 4.79 Å². The van der Waals surface area contributed by atoms with E-state index in [1.54, 1.807) is 0 Å². The molecule has 1 aromatic rings. The second kappa shape index (κ2) is 4.73. The van der Waals surface area contributed by atoms with Crippen molar-refractivity contribution < 1.29 is 14.3 Å². The molecule has 2 aliphatic rings. The van der Waals surface area contributed by atoms with Crippen LogP contribution in [0.5, 0.6) is 5.75 Å². The summed E-state index contributed by atoms with van der Waals surface area (Å²) in [5.74, 6) is 0.746. The molecule has 0 aliphatic carbocycles. The first-order valence-electron chi connectivity index (χ1n) is 7.52. The predicted molar refractivity (Wildman–Crippen MR) is 81.7 cm³/mol. The number of hydrogen-bond acceptors (Lipinski definition) is 4. The van der Waals surface area contributed by atoms with E-state index in [0.717, 1.165) is 17.9 Å². The molecular weight excluding hydrogens is 266 g/mol. The monoisotopic (exact) mass is 289 g/mol. The highest BCUT2D eigenvalue weighted by molar-refractivity contribution is 5.88. The van der Waals surface area contributed by atoms with E-state index in [1.807, 2.05) is 52.0 Å². The quantitative estimate of drug-likeness (QED) is 0.909. The number of rotatable bonds is 2. The topological polar surface area (TPSA) is 47.6 Å². The molecule has 0 spiro atoms. The maximum absolute atomic E-state index is 12.9. The fourth-order valence-electron chi connectivity index (χ4n) is 3.50. The summed E-state index contributed by atoms with van der Waals surface area (Å²) in [5.41, 5.74) is 0.244. The standard InChI is InChI=1S/C17H23NO3/c1-16(2)9-11(17(3,4)21-16)15(19)14-10-18-12-7-5-6-8-13(12)20-14/h5-8,11,14,18H,9-10H2,1-4H3. The fraction of sp³-hybridized carbons (Fsp3) is 0.588. The van der Waals surface area contributed by atoms with E-state index in [2.05, 4.69) is 5.32 Å². The van der Waals surface area contributed by atoms with Crippen molar-refractivity contribution in [3.8, 4) is 5.75 Å². The van der Waals surface area contributed by atoms with Gasteiger partial charge in [0.05, 0.1) is 29.4 Å². The van der Waals surface area contributed by atoms with Gasteiger partial charge in [0.2, 0.25) is 0 Å². The third-order valence-electron chi connectivity index (χ3n) is 4.37. The molecule has 2 heterocycles. The lowest BCUT2D eigenvalue weighted by Gasteiger charge is -2.31. The molecule has 4 nitrogen and oxygen atoms in total. The average Bonchev–Trinajstić information content (AvgIpc) is 2.65. The summed E-state index contributed by atoms with van der Waals surface area (Å²) in [6.45, 7) is 8.58. The van der Waals surface area contributed by atoms with Gasteiger partial charge in [-0.3, -0.25) is 4.79 Å². The molecule has 21 heavy (non-hydrogen) atoms. The van der Waals surface area contributed by atoms with E-state index in [1.165, 1.54) is 0 Å². The molecule has 1 N–H and O–H groups in total. The first-order valence-corrected chi connectivity index (χ1v) is 7.52. The van der Waals surface area contributed by atoms with Crippen molar-refractivity contribution in [1.29, 1.82) is 0 Å². The number of Topliss-reactive ketones (excluding diaryl/α,β-unsaturated/α-hetero) is 1. The smallest absolute Gasteiger partial charge is 0.181 e. The molecule has 114 valence electrons. The third-order valence-corrected chi connectivity index (χ3v) is 4.37. The molecule has 2 aliphatic heterocycles. The SMILES string of the molecule is CC1(C)CC(C(=O)C2CNc3ccccc3O2)C(C)(C)O1. The zero-order valence-corrected chi connectivity index (χ0v) is 13.1. The molecule has 0 saturated carbocycles. The number of carbonyl (C=O) groups is 1. The van der Waals surface area contributed by atoms with Gasteiger partial charge in [-0.25, -0.2) is 0 Å². The molecule has 0 bridgehead atoms. The van der Waals surface area contributed by atoms with E-state index < -0.39 is 11.7 Å². The summed E-state index contributed by atoms with van der Waals surface area (Å²) in [6.07, 6.45) is 0.294. The maximum atomic E-state index is 12.9. The van der Waals surface area contributed by atoms with Crippen molar-refractivity contribution in [1.82, 2.24) is 0 Å². The van der Waals surface area contributed by atoms with Crippen LogP contribution in [0.2, 0.25) is 0 Å². The number of carbonyl (C=O) groups excluding carboxylic acids is 1. The second-order valence-corrected chi connectivity index (χ2v) is 7.11. The lowest BCUT2D eigenvalue weighted by molar-refractivity contribution is -0.135. The Morgan fingerprint density at radius 2 is 1.95 bits per heavy atom. The molecule has 4 heteroatoms. The number of nitrogens with one attached hydrogen (secondary N) is 1. The van der Waals surface area contributed by atoms with Crippen LogP contribution in [0.1, 0.15) is 34.1 Å². The number of anilines is 1. The molecule has 0 aromatic heterocycles. The van der Waals surface area contributed by atoms with E-state index in [-0.39, 0.29) is 17.3 Å². The average molecular weight is 289 g/mol. The molecule has 0 radical (unpaired) electrons. The fourth-order valence-corrected chi connectivity index (χ4v) is 3.50. The van der Waals surface area contributed by atoms with Gasteiger partial charge in [-0.2, -0.15) is 0 Å². The van der Waals surface area contributed by atoms with E-state index in [0.29, 0.717) is 6.54 Å². The van der Waals surface area contributed by atoms with Gasteiger partial charge < -0.3 is 14.8 Å². The van der Waals surface area contributed by atoms with Crippen molar-refractivity contribution in [3.05, 3.63) is 24.3 Å². The number of ether oxygens (including phenoxy) is 2. The highest BCUT2D eigenvalue weighted by Crippen LogP contribution is 2.43. The minimum atomic E-state index is -0.444. The van der Waals surface area contributed by atoms with E-state index >= 15 is 0 Å². The van der Waals surface area contributed by atoms with Crippen molar-refractivity contribution in [3.63, 3.8) is 0 Å². The van der Waals surface area contributed by atoms with Gasteiger partial charge in [0.1, 0.15) is 5.75 Å². The zero-order chi connectivity index (χ0) is 15.3. The summed E-state index contributed by atoms with van der Waals surface area (Å²) in [7, 11) is 0. The number of hydrogen-bond donors (Lipinski definition) is 1. The van der Waals surface area contributed by atoms with Gasteiger partial charge in [-0.1, -0.05) is 12.1 Å². The highest BCUT2D eigenvalue weighted by atomic mass is 16.5. The van der Waals surface area contributed by atoms with Gasteiger partial charge in [0, 0.05) is 0 Å². The first-order chi connectivity index (χ1) is 9.78. The molecule has 1 fully saturated rings. The Bertz CT molecular complexity index is 565. The van der Waals surface area contributed by atoms with Gasteiger partial charge in [0.15, 0.2) is 11.9 Å². The molecule has 3 rings (SSSR count). The summed E-state index contributed by atoms with van der Waals surface area (Å²) in [4.78, 5) is 12.9. The Labute approximate surface area is 125 Å². The van der Waals surface area contributed by atoms with Crippen LogP contribution in [0, 0.1) is 5.92 Å².